The molecule has 0 saturated carbocycles. The van der Waals surface area contributed by atoms with Gasteiger partial charge >= 0.3 is 0 Å². The number of fused-ring (bicyclic) bond motifs is 1. The van der Waals surface area contributed by atoms with Crippen molar-refractivity contribution in [3.63, 3.8) is 0 Å². The predicted octanol–water partition coefficient (Wildman–Crippen LogP) is 3.55. The summed E-state index contributed by atoms with van der Waals surface area (Å²) in [4.78, 5) is 17.1. The van der Waals surface area contributed by atoms with Gasteiger partial charge in [-0.1, -0.05) is 35.6 Å². The summed E-state index contributed by atoms with van der Waals surface area (Å²) in [6.45, 7) is 0. The number of pyridine rings is 1. The Morgan fingerprint density at radius 1 is 1.11 bits per heavy atom. The predicted molar refractivity (Wildman–Crippen MR) is 74.0 cm³/mol. The van der Waals surface area contributed by atoms with Crippen molar-refractivity contribution in [3.05, 3.63) is 60.3 Å². The van der Waals surface area contributed by atoms with E-state index in [1.54, 1.807) is 18.3 Å². The van der Waals surface area contributed by atoms with E-state index in [0.29, 0.717) is 5.56 Å². The minimum absolute atomic E-state index is 0.0952. The quantitative estimate of drug-likeness (QED) is 0.760. The number of anilines is 1. The molecule has 2 heterocycles. The van der Waals surface area contributed by atoms with Crippen molar-refractivity contribution in [2.75, 3.05) is 5.32 Å². The molecule has 3 nitrogen and oxygen atoms in total. The highest BCUT2D eigenvalue weighted by atomic mass is 32.1. The summed E-state index contributed by atoms with van der Waals surface area (Å²) in [6, 6.07) is 15.0. The van der Waals surface area contributed by atoms with Gasteiger partial charge in [0, 0.05) is 17.1 Å². The molecule has 2 aromatic heterocycles. The van der Waals surface area contributed by atoms with Crippen molar-refractivity contribution in [2.45, 2.75) is 0 Å². The number of benzene rings is 1. The first-order valence-electron chi connectivity index (χ1n) is 5.54. The molecule has 1 aromatic carbocycles. The summed E-state index contributed by atoms with van der Waals surface area (Å²) < 4.78 is 0. The summed E-state index contributed by atoms with van der Waals surface area (Å²) >= 11 is 1.48. The fraction of sp³-hybridized carbons (Fsp3) is 0. The van der Waals surface area contributed by atoms with Crippen molar-refractivity contribution in [1.82, 2.24) is 4.98 Å². The highest BCUT2D eigenvalue weighted by Gasteiger charge is 2.07. The van der Waals surface area contributed by atoms with Crippen LogP contribution in [0.1, 0.15) is 10.4 Å². The van der Waals surface area contributed by atoms with E-state index in [2.05, 4.69) is 10.3 Å². The van der Waals surface area contributed by atoms with Crippen LogP contribution in [-0.2, 0) is 0 Å². The van der Waals surface area contributed by atoms with Crippen molar-refractivity contribution in [1.29, 1.82) is 0 Å². The lowest BCUT2D eigenvalue weighted by Gasteiger charge is -2.01. The molecule has 0 spiro atoms. The smallest absolute Gasteiger partial charge is 0.256 e. The minimum atomic E-state index is -0.0952. The molecule has 0 aliphatic carbocycles. The zero-order valence-corrected chi connectivity index (χ0v) is 10.3. The number of nitrogens with one attached hydrogen (secondary N) is 1. The molecular formula is C14H10N2OS. The third-order valence-corrected chi connectivity index (χ3v) is 3.54. The summed E-state index contributed by atoms with van der Waals surface area (Å²) in [6.07, 6.45) is 1.75. The molecule has 0 fully saturated rings. The number of nitrogens with zero attached hydrogens (tertiary/aromatic N) is 1. The maximum absolute atomic E-state index is 12.0. The number of carbonyl (C=O) groups is 1. The van der Waals surface area contributed by atoms with Gasteiger partial charge in [0.25, 0.3) is 5.91 Å². The minimum Gasteiger partial charge on any atom is -0.313 e. The Balaban J connectivity index is 1.86. The zero-order chi connectivity index (χ0) is 12.4. The van der Waals surface area contributed by atoms with Crippen LogP contribution >= 0.6 is 11.3 Å². The van der Waals surface area contributed by atoms with E-state index in [0.717, 1.165) is 15.2 Å². The van der Waals surface area contributed by atoms with Gasteiger partial charge in [-0.05, 0) is 24.3 Å². The highest BCUT2D eigenvalue weighted by Crippen LogP contribution is 2.27. The van der Waals surface area contributed by atoms with E-state index in [4.69, 9.17) is 0 Å². The lowest BCUT2D eigenvalue weighted by Crippen LogP contribution is -2.10. The maximum Gasteiger partial charge on any atom is 0.256 e. The van der Waals surface area contributed by atoms with E-state index < -0.39 is 0 Å². The van der Waals surface area contributed by atoms with Crippen LogP contribution < -0.4 is 5.32 Å². The van der Waals surface area contributed by atoms with Gasteiger partial charge in [0.05, 0.1) is 5.00 Å². The van der Waals surface area contributed by atoms with Gasteiger partial charge < -0.3 is 5.32 Å². The van der Waals surface area contributed by atoms with Crippen LogP contribution in [0.4, 0.5) is 5.00 Å². The van der Waals surface area contributed by atoms with Gasteiger partial charge in [-0.25, -0.2) is 4.98 Å². The van der Waals surface area contributed by atoms with Crippen LogP contribution in [0.5, 0.6) is 0 Å². The first kappa shape index (κ1) is 10.9. The standard InChI is InChI=1S/C14H10N2OS/c17-13(10-5-2-1-3-6-10)16-12-9-11-7-4-8-15-14(11)18-12/h1-9H,(H,16,17). The lowest BCUT2D eigenvalue weighted by atomic mass is 10.2. The van der Waals surface area contributed by atoms with E-state index in [1.807, 2.05) is 36.4 Å². The van der Waals surface area contributed by atoms with Crippen LogP contribution in [0.25, 0.3) is 10.2 Å². The molecule has 0 aliphatic heterocycles. The Hall–Kier alpha value is -2.20. The molecule has 0 bridgehead atoms. The molecule has 0 aliphatic rings. The summed E-state index contributed by atoms with van der Waals surface area (Å²) in [5, 5.41) is 4.75. The number of carbonyl (C=O) groups excluding carboxylic acids is 1. The molecule has 0 saturated heterocycles. The molecule has 0 atom stereocenters. The first-order valence-corrected chi connectivity index (χ1v) is 6.35. The van der Waals surface area contributed by atoms with Gasteiger partial charge in [-0.15, -0.1) is 0 Å². The third kappa shape index (κ3) is 2.10. The summed E-state index contributed by atoms with van der Waals surface area (Å²) in [5.74, 6) is -0.0952. The number of amides is 1. The van der Waals surface area contributed by atoms with Crippen LogP contribution in [0.15, 0.2) is 54.7 Å². The van der Waals surface area contributed by atoms with Crippen molar-refractivity contribution >= 4 is 32.5 Å². The van der Waals surface area contributed by atoms with Gasteiger partial charge in [-0.2, -0.15) is 0 Å². The normalized spacial score (nSPS) is 10.4. The first-order chi connectivity index (χ1) is 8.83. The van der Waals surface area contributed by atoms with Gasteiger partial charge in [-0.3, -0.25) is 4.79 Å². The van der Waals surface area contributed by atoms with Crippen molar-refractivity contribution in [2.24, 2.45) is 0 Å². The Morgan fingerprint density at radius 2 is 1.94 bits per heavy atom. The molecule has 88 valence electrons. The molecule has 4 heteroatoms. The molecule has 0 unspecified atom stereocenters. The van der Waals surface area contributed by atoms with E-state index in [9.17, 15) is 4.79 Å². The Bertz CT molecular complexity index is 658. The molecular weight excluding hydrogens is 244 g/mol. The number of thiophene rings is 1. The molecule has 18 heavy (non-hydrogen) atoms. The zero-order valence-electron chi connectivity index (χ0n) is 9.46. The topological polar surface area (TPSA) is 42.0 Å². The lowest BCUT2D eigenvalue weighted by molar-refractivity contribution is 0.102. The van der Waals surface area contributed by atoms with E-state index in [1.165, 1.54) is 11.3 Å². The average molecular weight is 254 g/mol. The number of rotatable bonds is 2. The van der Waals surface area contributed by atoms with Gasteiger partial charge in [0.2, 0.25) is 0 Å². The Labute approximate surface area is 108 Å². The molecule has 1 amide bonds. The van der Waals surface area contributed by atoms with Crippen LogP contribution in [0, 0.1) is 0 Å². The molecule has 0 radical (unpaired) electrons. The summed E-state index contributed by atoms with van der Waals surface area (Å²) in [5.41, 5.74) is 0.655. The maximum atomic E-state index is 12.0. The number of hydrogen-bond donors (Lipinski definition) is 1. The molecule has 1 N–H and O–H groups in total. The monoisotopic (exact) mass is 254 g/mol. The second-order valence-corrected chi connectivity index (χ2v) is 4.86. The second-order valence-electron chi connectivity index (χ2n) is 3.83. The van der Waals surface area contributed by atoms with Crippen LogP contribution in [0.2, 0.25) is 0 Å². The third-order valence-electron chi connectivity index (χ3n) is 2.57. The van der Waals surface area contributed by atoms with Crippen molar-refractivity contribution in [3.8, 4) is 0 Å². The van der Waals surface area contributed by atoms with Gasteiger partial charge in [0.15, 0.2) is 0 Å². The average Bonchev–Trinajstić information content (AvgIpc) is 2.82. The molecule has 3 aromatic rings. The van der Waals surface area contributed by atoms with Gasteiger partial charge in [0.1, 0.15) is 4.83 Å². The fourth-order valence-electron chi connectivity index (χ4n) is 1.71. The van der Waals surface area contributed by atoms with Crippen LogP contribution in [0.3, 0.4) is 0 Å². The number of hydrogen-bond acceptors (Lipinski definition) is 3. The Kier molecular flexibility index (Phi) is 2.78. The second kappa shape index (κ2) is 4.58. The number of aromatic nitrogens is 1. The largest absolute Gasteiger partial charge is 0.313 e. The van der Waals surface area contributed by atoms with Crippen molar-refractivity contribution < 1.29 is 4.79 Å². The Morgan fingerprint density at radius 3 is 2.72 bits per heavy atom. The summed E-state index contributed by atoms with van der Waals surface area (Å²) in [7, 11) is 0. The fourth-order valence-corrected chi connectivity index (χ4v) is 2.60. The highest BCUT2D eigenvalue weighted by molar-refractivity contribution is 7.22. The van der Waals surface area contributed by atoms with E-state index >= 15 is 0 Å². The van der Waals surface area contributed by atoms with Crippen LogP contribution in [-0.4, -0.2) is 10.9 Å². The SMILES string of the molecule is O=C(Nc1cc2cccnc2s1)c1ccccc1. The molecule has 3 rings (SSSR count). The van der Waals surface area contributed by atoms with E-state index in [-0.39, 0.29) is 5.91 Å².